The van der Waals surface area contributed by atoms with Crippen LogP contribution >= 0.6 is 0 Å². The third-order valence-electron chi connectivity index (χ3n) is 4.73. The van der Waals surface area contributed by atoms with E-state index in [-0.39, 0.29) is 35.6 Å². The van der Waals surface area contributed by atoms with Crippen LogP contribution in [0.1, 0.15) is 34.6 Å². The molecule has 0 aromatic heterocycles. The zero-order valence-electron chi connectivity index (χ0n) is 13.2. The number of hydrogen-bond acceptors (Lipinski definition) is 4. The molecular formula is C14H28O4Si. The van der Waals surface area contributed by atoms with Crippen molar-refractivity contribution < 1.29 is 19.1 Å². The van der Waals surface area contributed by atoms with Gasteiger partial charge in [0.25, 0.3) is 0 Å². The molecule has 5 heteroatoms. The molecule has 0 unspecified atom stereocenters. The molecule has 1 heterocycles. The Hall–Kier alpha value is -0.393. The summed E-state index contributed by atoms with van der Waals surface area (Å²) < 4.78 is 11.7. The molecule has 1 aliphatic rings. The second-order valence-electron chi connectivity index (χ2n) is 7.15. The lowest BCUT2D eigenvalue weighted by molar-refractivity contribution is -0.181. The lowest BCUT2D eigenvalue weighted by atomic mass is 9.85. The van der Waals surface area contributed by atoms with Gasteiger partial charge in [0.2, 0.25) is 0 Å². The van der Waals surface area contributed by atoms with E-state index < -0.39 is 14.4 Å². The van der Waals surface area contributed by atoms with Crippen molar-refractivity contribution in [3.63, 3.8) is 0 Å². The molecule has 0 aliphatic carbocycles. The number of carbonyl (C=O) groups excluding carboxylic acids is 1. The van der Waals surface area contributed by atoms with Gasteiger partial charge in [0.05, 0.1) is 18.6 Å². The van der Waals surface area contributed by atoms with Gasteiger partial charge in [0, 0.05) is 0 Å². The van der Waals surface area contributed by atoms with Gasteiger partial charge in [0.1, 0.15) is 6.10 Å². The summed E-state index contributed by atoms with van der Waals surface area (Å²) in [7, 11) is -1.95. The molecule has 0 aromatic rings. The first kappa shape index (κ1) is 16.7. The Morgan fingerprint density at radius 2 is 1.84 bits per heavy atom. The van der Waals surface area contributed by atoms with Crippen molar-refractivity contribution in [2.24, 2.45) is 11.8 Å². The molecule has 112 valence electrons. The average Bonchev–Trinajstić information content (AvgIpc) is 2.28. The van der Waals surface area contributed by atoms with Gasteiger partial charge in [-0.1, -0.05) is 34.6 Å². The monoisotopic (exact) mass is 288 g/mol. The molecule has 19 heavy (non-hydrogen) atoms. The summed E-state index contributed by atoms with van der Waals surface area (Å²) in [5.74, 6) is -0.355. The summed E-state index contributed by atoms with van der Waals surface area (Å²) in [5.41, 5.74) is 0. The smallest absolute Gasteiger partial charge is 0.309 e. The van der Waals surface area contributed by atoms with Gasteiger partial charge in [-0.15, -0.1) is 0 Å². The molecule has 0 amide bonds. The minimum atomic E-state index is -1.95. The van der Waals surface area contributed by atoms with Gasteiger partial charge in [0.15, 0.2) is 8.32 Å². The fourth-order valence-corrected chi connectivity index (χ4v) is 3.40. The van der Waals surface area contributed by atoms with Crippen LogP contribution in [0.3, 0.4) is 0 Å². The summed E-state index contributed by atoms with van der Waals surface area (Å²) in [5, 5.41) is 9.54. The van der Waals surface area contributed by atoms with Crippen LogP contribution in [0, 0.1) is 11.8 Å². The zero-order valence-corrected chi connectivity index (χ0v) is 14.2. The van der Waals surface area contributed by atoms with E-state index >= 15 is 0 Å². The van der Waals surface area contributed by atoms with Crippen molar-refractivity contribution in [3.05, 3.63) is 0 Å². The number of hydrogen-bond donors (Lipinski definition) is 1. The van der Waals surface area contributed by atoms with E-state index in [9.17, 15) is 9.90 Å². The van der Waals surface area contributed by atoms with Gasteiger partial charge in [-0.05, 0) is 24.1 Å². The molecule has 0 spiro atoms. The highest BCUT2D eigenvalue weighted by molar-refractivity contribution is 6.74. The Morgan fingerprint density at radius 3 is 2.26 bits per heavy atom. The van der Waals surface area contributed by atoms with Crippen molar-refractivity contribution in [3.8, 4) is 0 Å². The van der Waals surface area contributed by atoms with Crippen LogP contribution in [0.15, 0.2) is 0 Å². The van der Waals surface area contributed by atoms with Gasteiger partial charge in [-0.25, -0.2) is 0 Å². The third-order valence-corrected chi connectivity index (χ3v) is 9.20. The van der Waals surface area contributed by atoms with Crippen LogP contribution in [0.4, 0.5) is 0 Å². The Morgan fingerprint density at radius 1 is 1.32 bits per heavy atom. The molecule has 0 radical (unpaired) electrons. The molecule has 1 rings (SSSR count). The van der Waals surface area contributed by atoms with Crippen LogP contribution in [-0.4, -0.2) is 38.2 Å². The van der Waals surface area contributed by atoms with E-state index in [2.05, 4.69) is 33.9 Å². The van der Waals surface area contributed by atoms with Gasteiger partial charge in [-0.2, -0.15) is 0 Å². The quantitative estimate of drug-likeness (QED) is 0.640. The number of rotatable bonds is 3. The summed E-state index contributed by atoms with van der Waals surface area (Å²) in [6.45, 7) is 14.6. The van der Waals surface area contributed by atoms with E-state index in [1.54, 1.807) is 0 Å². The molecular weight excluding hydrogens is 260 g/mol. The second kappa shape index (κ2) is 5.54. The number of aliphatic hydroxyl groups excluding tert-OH is 1. The summed E-state index contributed by atoms with van der Waals surface area (Å²) in [6.07, 6.45) is -0.744. The molecule has 1 saturated heterocycles. The molecule has 0 bridgehead atoms. The Labute approximate surface area is 117 Å². The van der Waals surface area contributed by atoms with Crippen LogP contribution in [0.2, 0.25) is 18.1 Å². The maximum atomic E-state index is 11.7. The number of ether oxygens (including phenoxy) is 1. The highest BCUT2D eigenvalue weighted by Crippen LogP contribution is 2.40. The maximum Gasteiger partial charge on any atom is 0.309 e. The molecule has 0 saturated carbocycles. The highest BCUT2D eigenvalue weighted by Gasteiger charge is 2.47. The van der Waals surface area contributed by atoms with Crippen LogP contribution in [0.5, 0.6) is 0 Å². The van der Waals surface area contributed by atoms with Crippen LogP contribution < -0.4 is 0 Å². The fourth-order valence-electron chi connectivity index (χ4n) is 2.00. The van der Waals surface area contributed by atoms with E-state index in [4.69, 9.17) is 9.16 Å². The van der Waals surface area contributed by atoms with Crippen molar-refractivity contribution in [2.75, 3.05) is 6.61 Å². The van der Waals surface area contributed by atoms with Crippen molar-refractivity contribution in [1.29, 1.82) is 0 Å². The van der Waals surface area contributed by atoms with Crippen molar-refractivity contribution in [2.45, 2.75) is 65.0 Å². The molecule has 0 aromatic carbocycles. The summed E-state index contributed by atoms with van der Waals surface area (Å²) in [4.78, 5) is 11.7. The van der Waals surface area contributed by atoms with Crippen molar-refractivity contribution >= 4 is 14.3 Å². The van der Waals surface area contributed by atoms with Gasteiger partial charge >= 0.3 is 5.97 Å². The topological polar surface area (TPSA) is 55.8 Å². The van der Waals surface area contributed by atoms with E-state index in [1.807, 2.05) is 13.8 Å². The molecule has 1 aliphatic heterocycles. The van der Waals surface area contributed by atoms with E-state index in [0.29, 0.717) is 0 Å². The summed E-state index contributed by atoms with van der Waals surface area (Å²) in [6, 6.07) is 0. The molecule has 4 atom stereocenters. The highest BCUT2D eigenvalue weighted by atomic mass is 28.4. The largest absolute Gasteiger partial charge is 0.457 e. The number of carbonyl (C=O) groups is 1. The van der Waals surface area contributed by atoms with Gasteiger partial charge < -0.3 is 14.3 Å². The van der Waals surface area contributed by atoms with E-state index in [0.717, 1.165) is 0 Å². The normalized spacial score (nSPS) is 33.2. The first-order valence-electron chi connectivity index (χ1n) is 7.00. The Balaban J connectivity index is 2.93. The Kier molecular flexibility index (Phi) is 4.86. The van der Waals surface area contributed by atoms with E-state index in [1.165, 1.54) is 0 Å². The number of aliphatic hydroxyl groups is 1. The van der Waals surface area contributed by atoms with Crippen LogP contribution in [-0.2, 0) is 14.0 Å². The third kappa shape index (κ3) is 3.38. The Bertz CT molecular complexity index is 333. The standard InChI is InChI=1S/C14H28O4Si/c1-9-10(2)13(16)17-11(8-15)12(9)18-19(6,7)14(3,4)5/h9-12,15H,8H2,1-7H3/t9-,10-,11+,12+/m0/s1. The lowest BCUT2D eigenvalue weighted by Gasteiger charge is -2.45. The SMILES string of the molecule is C[C@@H]1[C@@H](O[Si](C)(C)C(C)(C)C)[C@@H](CO)OC(=O)[C@H]1C. The average molecular weight is 288 g/mol. The first-order chi connectivity index (χ1) is 8.51. The number of cyclic esters (lactones) is 1. The molecule has 1 N–H and O–H groups in total. The second-order valence-corrected chi connectivity index (χ2v) is 11.9. The summed E-state index contributed by atoms with van der Waals surface area (Å²) >= 11 is 0. The van der Waals surface area contributed by atoms with Crippen LogP contribution in [0.25, 0.3) is 0 Å². The fraction of sp³-hybridized carbons (Fsp3) is 0.929. The predicted octanol–water partition coefficient (Wildman–Crippen LogP) is 2.57. The lowest BCUT2D eigenvalue weighted by Crippen LogP contribution is -2.55. The minimum absolute atomic E-state index is 0.0625. The minimum Gasteiger partial charge on any atom is -0.457 e. The number of esters is 1. The molecule has 4 nitrogen and oxygen atoms in total. The predicted molar refractivity (Wildman–Crippen MR) is 77.4 cm³/mol. The molecule has 1 fully saturated rings. The van der Waals surface area contributed by atoms with Crippen molar-refractivity contribution in [1.82, 2.24) is 0 Å². The zero-order chi connectivity index (χ0) is 15.0. The maximum absolute atomic E-state index is 11.7. The van der Waals surface area contributed by atoms with Gasteiger partial charge in [-0.3, -0.25) is 4.79 Å². The first-order valence-corrected chi connectivity index (χ1v) is 9.91.